The Morgan fingerprint density at radius 2 is 1.71 bits per heavy atom. The standard InChI is InChI=1S/C18H23NO2/c1-13-11-15(7-10-18(13)21-4)17(19-2)12-14-5-8-16(20-3)9-6-14/h5-11,17,19H,12H2,1-4H3. The topological polar surface area (TPSA) is 30.5 Å². The highest BCUT2D eigenvalue weighted by Gasteiger charge is 2.12. The van der Waals surface area contributed by atoms with E-state index >= 15 is 0 Å². The van der Waals surface area contributed by atoms with Crippen molar-refractivity contribution in [3.63, 3.8) is 0 Å². The Bertz CT molecular complexity index is 578. The van der Waals surface area contributed by atoms with E-state index in [1.165, 1.54) is 11.1 Å². The van der Waals surface area contributed by atoms with Crippen LogP contribution in [0.25, 0.3) is 0 Å². The van der Waals surface area contributed by atoms with Gasteiger partial charge in [0.15, 0.2) is 0 Å². The Labute approximate surface area is 126 Å². The van der Waals surface area contributed by atoms with Gasteiger partial charge in [-0.25, -0.2) is 0 Å². The van der Waals surface area contributed by atoms with Crippen LogP contribution in [0, 0.1) is 6.92 Å². The predicted octanol–water partition coefficient (Wildman–Crippen LogP) is 3.52. The molecule has 0 aliphatic carbocycles. The minimum atomic E-state index is 0.281. The highest BCUT2D eigenvalue weighted by atomic mass is 16.5. The van der Waals surface area contributed by atoms with Crippen molar-refractivity contribution in [2.45, 2.75) is 19.4 Å². The van der Waals surface area contributed by atoms with Gasteiger partial charge in [-0.3, -0.25) is 0 Å². The molecule has 2 aromatic carbocycles. The molecule has 0 saturated heterocycles. The second-order valence-electron chi connectivity index (χ2n) is 5.12. The fourth-order valence-corrected chi connectivity index (χ4v) is 2.50. The molecule has 1 N–H and O–H groups in total. The molecule has 1 unspecified atom stereocenters. The Morgan fingerprint density at radius 3 is 2.24 bits per heavy atom. The van der Waals surface area contributed by atoms with Crippen LogP contribution >= 0.6 is 0 Å². The smallest absolute Gasteiger partial charge is 0.121 e. The Morgan fingerprint density at radius 1 is 1.00 bits per heavy atom. The van der Waals surface area contributed by atoms with Gasteiger partial charge in [0.1, 0.15) is 11.5 Å². The monoisotopic (exact) mass is 285 g/mol. The number of likely N-dealkylation sites (N-methyl/N-ethyl adjacent to an activating group) is 1. The molecule has 0 spiro atoms. The number of rotatable bonds is 6. The summed E-state index contributed by atoms with van der Waals surface area (Å²) in [5.41, 5.74) is 3.71. The molecule has 21 heavy (non-hydrogen) atoms. The lowest BCUT2D eigenvalue weighted by molar-refractivity contribution is 0.411. The van der Waals surface area contributed by atoms with E-state index in [0.29, 0.717) is 0 Å². The van der Waals surface area contributed by atoms with Crippen LogP contribution in [0.15, 0.2) is 42.5 Å². The van der Waals surface area contributed by atoms with E-state index in [1.54, 1.807) is 14.2 Å². The van der Waals surface area contributed by atoms with Gasteiger partial charge in [0.25, 0.3) is 0 Å². The Kier molecular flexibility index (Phi) is 5.23. The van der Waals surface area contributed by atoms with Gasteiger partial charge in [0.05, 0.1) is 14.2 Å². The van der Waals surface area contributed by atoms with Gasteiger partial charge in [-0.15, -0.1) is 0 Å². The molecule has 2 aromatic rings. The maximum Gasteiger partial charge on any atom is 0.121 e. The summed E-state index contributed by atoms with van der Waals surface area (Å²) in [6.45, 7) is 2.07. The number of nitrogens with one attached hydrogen (secondary N) is 1. The average Bonchev–Trinajstić information content (AvgIpc) is 2.53. The van der Waals surface area contributed by atoms with Crippen LogP contribution < -0.4 is 14.8 Å². The van der Waals surface area contributed by atoms with Crippen molar-refractivity contribution < 1.29 is 9.47 Å². The molecule has 3 heteroatoms. The molecule has 0 amide bonds. The maximum atomic E-state index is 5.32. The first kappa shape index (κ1) is 15.4. The van der Waals surface area contributed by atoms with Crippen molar-refractivity contribution in [3.8, 4) is 11.5 Å². The molecule has 2 rings (SSSR count). The van der Waals surface area contributed by atoms with Gasteiger partial charge in [-0.2, -0.15) is 0 Å². The number of hydrogen-bond donors (Lipinski definition) is 1. The summed E-state index contributed by atoms with van der Waals surface area (Å²) >= 11 is 0. The normalized spacial score (nSPS) is 12.0. The summed E-state index contributed by atoms with van der Waals surface area (Å²) in [6, 6.07) is 14.8. The molecule has 0 aromatic heterocycles. The van der Waals surface area contributed by atoms with E-state index in [1.807, 2.05) is 25.2 Å². The lowest BCUT2D eigenvalue weighted by Crippen LogP contribution is -2.19. The van der Waals surface area contributed by atoms with E-state index < -0.39 is 0 Å². The van der Waals surface area contributed by atoms with Crippen molar-refractivity contribution in [3.05, 3.63) is 59.2 Å². The van der Waals surface area contributed by atoms with Crippen LogP contribution in [0.2, 0.25) is 0 Å². The van der Waals surface area contributed by atoms with Crippen LogP contribution in [0.5, 0.6) is 11.5 Å². The molecule has 0 heterocycles. The van der Waals surface area contributed by atoms with Crippen LogP contribution in [0.1, 0.15) is 22.7 Å². The van der Waals surface area contributed by atoms with Crippen LogP contribution in [-0.4, -0.2) is 21.3 Å². The van der Waals surface area contributed by atoms with Gasteiger partial charge in [0, 0.05) is 6.04 Å². The molecule has 0 saturated carbocycles. The fourth-order valence-electron chi connectivity index (χ4n) is 2.50. The van der Waals surface area contributed by atoms with Crippen LogP contribution in [-0.2, 0) is 6.42 Å². The minimum Gasteiger partial charge on any atom is -0.497 e. The largest absolute Gasteiger partial charge is 0.497 e. The number of benzene rings is 2. The Hall–Kier alpha value is -2.00. The average molecular weight is 285 g/mol. The van der Waals surface area contributed by atoms with E-state index in [4.69, 9.17) is 9.47 Å². The SMILES string of the molecule is CNC(Cc1ccc(OC)cc1)c1ccc(OC)c(C)c1. The van der Waals surface area contributed by atoms with E-state index in [2.05, 4.69) is 36.5 Å². The third-order valence-electron chi connectivity index (χ3n) is 3.77. The zero-order chi connectivity index (χ0) is 15.2. The molecule has 0 aliphatic heterocycles. The van der Waals surface area contributed by atoms with Crippen molar-refractivity contribution in [1.82, 2.24) is 5.32 Å². The minimum absolute atomic E-state index is 0.281. The second-order valence-corrected chi connectivity index (χ2v) is 5.12. The van der Waals surface area contributed by atoms with Crippen LogP contribution in [0.4, 0.5) is 0 Å². The zero-order valence-corrected chi connectivity index (χ0v) is 13.1. The summed E-state index contributed by atoms with van der Waals surface area (Å²) < 4.78 is 10.5. The van der Waals surface area contributed by atoms with Gasteiger partial charge in [0.2, 0.25) is 0 Å². The number of methoxy groups -OCH3 is 2. The summed E-state index contributed by atoms with van der Waals surface area (Å²) in [5, 5.41) is 3.39. The third-order valence-corrected chi connectivity index (χ3v) is 3.77. The molecule has 3 nitrogen and oxygen atoms in total. The second kappa shape index (κ2) is 7.14. The first-order chi connectivity index (χ1) is 10.2. The first-order valence-corrected chi connectivity index (χ1v) is 7.12. The quantitative estimate of drug-likeness (QED) is 0.881. The van der Waals surface area contributed by atoms with E-state index in [0.717, 1.165) is 23.5 Å². The number of hydrogen-bond acceptors (Lipinski definition) is 3. The summed E-state index contributed by atoms with van der Waals surface area (Å²) in [7, 11) is 5.38. The van der Waals surface area contributed by atoms with Gasteiger partial charge in [-0.05, 0) is 55.3 Å². The van der Waals surface area contributed by atoms with E-state index in [9.17, 15) is 0 Å². The summed E-state index contributed by atoms with van der Waals surface area (Å²) in [6.07, 6.45) is 0.937. The van der Waals surface area contributed by atoms with Crippen molar-refractivity contribution in [2.24, 2.45) is 0 Å². The maximum absolute atomic E-state index is 5.32. The highest BCUT2D eigenvalue weighted by molar-refractivity contribution is 5.38. The number of ether oxygens (including phenoxy) is 2. The van der Waals surface area contributed by atoms with Crippen molar-refractivity contribution in [2.75, 3.05) is 21.3 Å². The van der Waals surface area contributed by atoms with E-state index in [-0.39, 0.29) is 6.04 Å². The molecule has 0 aliphatic rings. The first-order valence-electron chi connectivity index (χ1n) is 7.12. The summed E-state index contributed by atoms with van der Waals surface area (Å²) in [5.74, 6) is 1.82. The lowest BCUT2D eigenvalue weighted by atomic mass is 9.97. The molecule has 0 fully saturated rings. The highest BCUT2D eigenvalue weighted by Crippen LogP contribution is 2.25. The molecule has 0 bridgehead atoms. The van der Waals surface area contributed by atoms with Gasteiger partial charge < -0.3 is 14.8 Å². The van der Waals surface area contributed by atoms with Crippen LogP contribution in [0.3, 0.4) is 0 Å². The lowest BCUT2D eigenvalue weighted by Gasteiger charge is -2.18. The summed E-state index contributed by atoms with van der Waals surface area (Å²) in [4.78, 5) is 0. The van der Waals surface area contributed by atoms with Crippen molar-refractivity contribution >= 4 is 0 Å². The fraction of sp³-hybridized carbons (Fsp3) is 0.333. The molecular formula is C18H23NO2. The van der Waals surface area contributed by atoms with Crippen molar-refractivity contribution in [1.29, 1.82) is 0 Å². The zero-order valence-electron chi connectivity index (χ0n) is 13.1. The predicted molar refractivity (Wildman–Crippen MR) is 86.2 cm³/mol. The Balaban J connectivity index is 2.16. The molecular weight excluding hydrogens is 262 g/mol. The molecule has 0 radical (unpaired) electrons. The third kappa shape index (κ3) is 3.76. The van der Waals surface area contributed by atoms with Gasteiger partial charge >= 0.3 is 0 Å². The molecule has 112 valence electrons. The van der Waals surface area contributed by atoms with Gasteiger partial charge in [-0.1, -0.05) is 24.3 Å². The number of aryl methyl sites for hydroxylation is 1. The molecule has 1 atom stereocenters.